The van der Waals surface area contributed by atoms with E-state index in [-0.39, 0.29) is 11.8 Å². The summed E-state index contributed by atoms with van der Waals surface area (Å²) in [6, 6.07) is 7.16. The quantitative estimate of drug-likeness (QED) is 0.835. The molecule has 1 amide bonds. The number of amides is 1. The lowest BCUT2D eigenvalue weighted by Gasteiger charge is -2.19. The Balaban J connectivity index is 2.28. The molecule has 0 aromatic heterocycles. The third kappa shape index (κ3) is 5.94. The fraction of sp³-hybridized carbons (Fsp3) is 0.500. The van der Waals surface area contributed by atoms with Gasteiger partial charge in [0.25, 0.3) is 0 Å². The minimum Gasteiger partial charge on any atom is -0.492 e. The van der Waals surface area contributed by atoms with Crippen LogP contribution >= 0.6 is 11.6 Å². The van der Waals surface area contributed by atoms with E-state index in [4.69, 9.17) is 22.1 Å². The van der Waals surface area contributed by atoms with Crippen molar-refractivity contribution in [1.29, 1.82) is 0 Å². The Morgan fingerprint density at radius 1 is 1.42 bits per heavy atom. The van der Waals surface area contributed by atoms with Crippen molar-refractivity contribution in [3.05, 3.63) is 29.3 Å². The van der Waals surface area contributed by atoms with E-state index < -0.39 is 0 Å². The van der Waals surface area contributed by atoms with E-state index in [9.17, 15) is 4.79 Å². The van der Waals surface area contributed by atoms with Crippen molar-refractivity contribution in [2.75, 3.05) is 26.7 Å². The number of nitrogens with zero attached hydrogens (tertiary/aromatic N) is 1. The first-order chi connectivity index (χ1) is 9.02. The second-order valence-corrected chi connectivity index (χ2v) is 5.10. The van der Waals surface area contributed by atoms with E-state index in [2.05, 4.69) is 0 Å². The fourth-order valence-corrected chi connectivity index (χ4v) is 1.62. The fourth-order valence-electron chi connectivity index (χ4n) is 1.49. The van der Waals surface area contributed by atoms with Gasteiger partial charge in [-0.25, -0.2) is 0 Å². The van der Waals surface area contributed by atoms with Gasteiger partial charge in [-0.1, -0.05) is 18.5 Å². The summed E-state index contributed by atoms with van der Waals surface area (Å²) in [6.45, 7) is 3.51. The van der Waals surface area contributed by atoms with Crippen LogP contribution in [0.2, 0.25) is 5.02 Å². The van der Waals surface area contributed by atoms with E-state index in [1.165, 1.54) is 0 Å². The minimum atomic E-state index is 0.0951. The number of likely N-dealkylation sites (N-methyl/N-ethyl adjacent to an activating group) is 1. The molecule has 0 fully saturated rings. The van der Waals surface area contributed by atoms with E-state index in [1.807, 2.05) is 6.92 Å². The molecule has 0 spiro atoms. The third-order valence-corrected chi connectivity index (χ3v) is 3.11. The zero-order chi connectivity index (χ0) is 14.3. The standard InChI is InChI=1S/C14H21ClN2O2/c1-11(10-16)9-14(18)17(2)7-8-19-13-5-3-12(15)4-6-13/h3-6,11H,7-10,16H2,1-2H3. The highest BCUT2D eigenvalue weighted by Crippen LogP contribution is 2.15. The molecular weight excluding hydrogens is 264 g/mol. The summed E-state index contributed by atoms with van der Waals surface area (Å²) in [5, 5.41) is 0.676. The number of hydrogen-bond acceptors (Lipinski definition) is 3. The van der Waals surface area contributed by atoms with Crippen molar-refractivity contribution < 1.29 is 9.53 Å². The molecule has 0 bridgehead atoms. The molecule has 1 rings (SSSR count). The molecule has 1 unspecified atom stereocenters. The molecule has 0 radical (unpaired) electrons. The van der Waals surface area contributed by atoms with Crippen molar-refractivity contribution in [3.63, 3.8) is 0 Å². The smallest absolute Gasteiger partial charge is 0.222 e. The van der Waals surface area contributed by atoms with Crippen molar-refractivity contribution >= 4 is 17.5 Å². The highest BCUT2D eigenvalue weighted by Gasteiger charge is 2.12. The average molecular weight is 285 g/mol. The molecule has 0 saturated heterocycles. The van der Waals surface area contributed by atoms with Crippen LogP contribution < -0.4 is 10.5 Å². The monoisotopic (exact) mass is 284 g/mol. The van der Waals surface area contributed by atoms with Crippen LogP contribution in [0.3, 0.4) is 0 Å². The first-order valence-electron chi connectivity index (χ1n) is 6.35. The van der Waals surface area contributed by atoms with Crippen LogP contribution in [-0.4, -0.2) is 37.6 Å². The number of benzene rings is 1. The molecule has 4 nitrogen and oxygen atoms in total. The summed E-state index contributed by atoms with van der Waals surface area (Å²) in [5.74, 6) is 1.06. The Hall–Kier alpha value is -1.26. The molecule has 0 heterocycles. The summed E-state index contributed by atoms with van der Waals surface area (Å²) in [4.78, 5) is 13.5. The van der Waals surface area contributed by atoms with Gasteiger partial charge in [-0.2, -0.15) is 0 Å². The molecule has 1 aromatic rings. The molecule has 1 aromatic carbocycles. The molecule has 0 aliphatic rings. The Morgan fingerprint density at radius 3 is 2.63 bits per heavy atom. The number of hydrogen-bond donors (Lipinski definition) is 1. The van der Waals surface area contributed by atoms with Crippen LogP contribution in [0.1, 0.15) is 13.3 Å². The zero-order valence-electron chi connectivity index (χ0n) is 11.4. The molecule has 19 heavy (non-hydrogen) atoms. The lowest BCUT2D eigenvalue weighted by Crippen LogP contribution is -2.32. The van der Waals surface area contributed by atoms with Crippen molar-refractivity contribution in [2.45, 2.75) is 13.3 Å². The molecule has 1 atom stereocenters. The highest BCUT2D eigenvalue weighted by atomic mass is 35.5. The van der Waals surface area contributed by atoms with Gasteiger partial charge in [0.1, 0.15) is 12.4 Å². The first-order valence-corrected chi connectivity index (χ1v) is 6.73. The number of ether oxygens (including phenoxy) is 1. The van der Waals surface area contributed by atoms with Gasteiger partial charge >= 0.3 is 0 Å². The van der Waals surface area contributed by atoms with Gasteiger partial charge in [-0.15, -0.1) is 0 Å². The SMILES string of the molecule is CC(CN)CC(=O)N(C)CCOc1ccc(Cl)cc1. The van der Waals surface area contributed by atoms with Gasteiger partial charge in [0.2, 0.25) is 5.91 Å². The van der Waals surface area contributed by atoms with Gasteiger partial charge in [-0.3, -0.25) is 4.79 Å². The van der Waals surface area contributed by atoms with Gasteiger partial charge in [0, 0.05) is 18.5 Å². The maximum Gasteiger partial charge on any atom is 0.222 e. The second kappa shape index (κ2) is 8.02. The molecular formula is C14H21ClN2O2. The van der Waals surface area contributed by atoms with Crippen molar-refractivity contribution in [2.24, 2.45) is 11.7 Å². The lowest BCUT2D eigenvalue weighted by atomic mass is 10.1. The predicted octanol–water partition coefficient (Wildman–Crippen LogP) is 2.16. The van der Waals surface area contributed by atoms with Crippen LogP contribution in [0, 0.1) is 5.92 Å². The van der Waals surface area contributed by atoms with Crippen molar-refractivity contribution in [1.82, 2.24) is 4.90 Å². The van der Waals surface area contributed by atoms with Gasteiger partial charge in [0.05, 0.1) is 6.54 Å². The summed E-state index contributed by atoms with van der Waals surface area (Å²) >= 11 is 5.78. The largest absolute Gasteiger partial charge is 0.492 e. The summed E-state index contributed by atoms with van der Waals surface area (Å²) in [7, 11) is 1.77. The van der Waals surface area contributed by atoms with E-state index in [1.54, 1.807) is 36.2 Å². The number of halogens is 1. The Morgan fingerprint density at radius 2 is 2.05 bits per heavy atom. The number of rotatable bonds is 7. The van der Waals surface area contributed by atoms with Gasteiger partial charge < -0.3 is 15.4 Å². The van der Waals surface area contributed by atoms with Crippen LogP contribution in [0.15, 0.2) is 24.3 Å². The van der Waals surface area contributed by atoms with E-state index in [0.717, 1.165) is 5.75 Å². The summed E-state index contributed by atoms with van der Waals surface area (Å²) in [6.07, 6.45) is 0.480. The maximum absolute atomic E-state index is 11.8. The normalized spacial score (nSPS) is 12.0. The Labute approximate surface area is 119 Å². The molecule has 0 aliphatic heterocycles. The van der Waals surface area contributed by atoms with Gasteiger partial charge in [-0.05, 0) is 36.7 Å². The second-order valence-electron chi connectivity index (χ2n) is 4.66. The summed E-state index contributed by atoms with van der Waals surface area (Å²) in [5.41, 5.74) is 5.50. The Kier molecular flexibility index (Phi) is 6.67. The number of nitrogens with two attached hydrogens (primary N) is 1. The lowest BCUT2D eigenvalue weighted by molar-refractivity contribution is -0.131. The van der Waals surface area contributed by atoms with Crippen LogP contribution in [0.4, 0.5) is 0 Å². The van der Waals surface area contributed by atoms with Crippen LogP contribution in [-0.2, 0) is 4.79 Å². The van der Waals surface area contributed by atoms with Crippen LogP contribution in [0.5, 0.6) is 5.75 Å². The van der Waals surface area contributed by atoms with Gasteiger partial charge in [0.15, 0.2) is 0 Å². The topological polar surface area (TPSA) is 55.6 Å². The summed E-state index contributed by atoms with van der Waals surface area (Å²) < 4.78 is 5.54. The molecule has 0 saturated carbocycles. The molecule has 5 heteroatoms. The van der Waals surface area contributed by atoms with E-state index in [0.29, 0.717) is 31.1 Å². The third-order valence-electron chi connectivity index (χ3n) is 2.86. The Bertz CT molecular complexity index is 395. The van der Waals surface area contributed by atoms with Crippen LogP contribution in [0.25, 0.3) is 0 Å². The number of carbonyl (C=O) groups is 1. The molecule has 0 aliphatic carbocycles. The zero-order valence-corrected chi connectivity index (χ0v) is 12.2. The molecule has 2 N–H and O–H groups in total. The molecule has 106 valence electrons. The predicted molar refractivity (Wildman–Crippen MR) is 77.4 cm³/mol. The maximum atomic E-state index is 11.8. The van der Waals surface area contributed by atoms with E-state index >= 15 is 0 Å². The highest BCUT2D eigenvalue weighted by molar-refractivity contribution is 6.30. The first kappa shape index (κ1) is 15.8. The number of carbonyl (C=O) groups excluding carboxylic acids is 1. The average Bonchev–Trinajstić information content (AvgIpc) is 2.40. The minimum absolute atomic E-state index is 0.0951. The van der Waals surface area contributed by atoms with Crippen molar-refractivity contribution in [3.8, 4) is 5.75 Å².